The number of anilines is 3. The van der Waals surface area contributed by atoms with Crippen LogP contribution in [0.1, 0.15) is 19.6 Å². The van der Waals surface area contributed by atoms with Gasteiger partial charge in [-0.25, -0.2) is 0 Å². The van der Waals surface area contributed by atoms with Gasteiger partial charge in [0.1, 0.15) is 11.5 Å². The molecule has 7 heteroatoms. The number of hydrogen-bond donors (Lipinski definition) is 2. The second-order valence-corrected chi connectivity index (χ2v) is 5.39. The zero-order valence-corrected chi connectivity index (χ0v) is 13.6. The highest BCUT2D eigenvalue weighted by Gasteiger charge is 2.07. The Balaban J connectivity index is 1.70. The SMILES string of the molecule is CC(C)Oc1ccccc1Nc1cnnc(NCc2ccco2)n1. The summed E-state index contributed by atoms with van der Waals surface area (Å²) in [5.74, 6) is 2.55. The molecule has 0 saturated carbocycles. The maximum absolute atomic E-state index is 5.79. The van der Waals surface area contributed by atoms with E-state index in [0.717, 1.165) is 17.2 Å². The molecule has 0 atom stereocenters. The third kappa shape index (κ3) is 4.22. The van der Waals surface area contributed by atoms with Gasteiger partial charge in [-0.2, -0.15) is 10.1 Å². The predicted molar refractivity (Wildman–Crippen MR) is 91.4 cm³/mol. The van der Waals surface area contributed by atoms with Gasteiger partial charge in [-0.05, 0) is 38.1 Å². The van der Waals surface area contributed by atoms with Crippen LogP contribution in [0.2, 0.25) is 0 Å². The first-order chi connectivity index (χ1) is 11.7. The van der Waals surface area contributed by atoms with Gasteiger partial charge in [0.15, 0.2) is 5.82 Å². The lowest BCUT2D eigenvalue weighted by Gasteiger charge is -2.15. The number of ether oxygens (including phenoxy) is 1. The van der Waals surface area contributed by atoms with E-state index in [1.807, 2.05) is 50.2 Å². The lowest BCUT2D eigenvalue weighted by atomic mass is 10.3. The fourth-order valence-electron chi connectivity index (χ4n) is 2.08. The van der Waals surface area contributed by atoms with E-state index in [9.17, 15) is 0 Å². The van der Waals surface area contributed by atoms with Crippen LogP contribution in [0.15, 0.2) is 53.3 Å². The van der Waals surface area contributed by atoms with E-state index in [4.69, 9.17) is 9.15 Å². The Labute approximate surface area is 140 Å². The van der Waals surface area contributed by atoms with Gasteiger partial charge in [0, 0.05) is 0 Å². The summed E-state index contributed by atoms with van der Waals surface area (Å²) in [6, 6.07) is 11.4. The van der Waals surface area contributed by atoms with Crippen molar-refractivity contribution in [1.29, 1.82) is 0 Å². The van der Waals surface area contributed by atoms with E-state index in [1.165, 1.54) is 0 Å². The number of nitrogens with zero attached hydrogens (tertiary/aromatic N) is 3. The number of aromatic nitrogens is 3. The van der Waals surface area contributed by atoms with Crippen molar-refractivity contribution in [3.8, 4) is 5.75 Å². The molecule has 124 valence electrons. The molecule has 24 heavy (non-hydrogen) atoms. The van der Waals surface area contributed by atoms with E-state index >= 15 is 0 Å². The van der Waals surface area contributed by atoms with Crippen LogP contribution >= 0.6 is 0 Å². The minimum atomic E-state index is 0.0852. The molecule has 3 aromatic rings. The summed E-state index contributed by atoms with van der Waals surface area (Å²) in [6.07, 6.45) is 3.27. The number of rotatable bonds is 7. The fraction of sp³-hybridized carbons (Fsp3) is 0.235. The molecule has 2 heterocycles. The maximum Gasteiger partial charge on any atom is 0.245 e. The van der Waals surface area contributed by atoms with Crippen LogP contribution in [-0.4, -0.2) is 21.3 Å². The largest absolute Gasteiger partial charge is 0.489 e. The fourth-order valence-corrected chi connectivity index (χ4v) is 2.08. The van der Waals surface area contributed by atoms with Gasteiger partial charge in [-0.3, -0.25) is 0 Å². The van der Waals surface area contributed by atoms with Gasteiger partial charge in [0.25, 0.3) is 0 Å². The van der Waals surface area contributed by atoms with E-state index in [-0.39, 0.29) is 6.10 Å². The van der Waals surface area contributed by atoms with E-state index in [1.54, 1.807) is 12.5 Å². The molecule has 2 N–H and O–H groups in total. The minimum Gasteiger partial charge on any atom is -0.489 e. The van der Waals surface area contributed by atoms with Gasteiger partial charge in [0.2, 0.25) is 5.95 Å². The van der Waals surface area contributed by atoms with E-state index in [0.29, 0.717) is 18.3 Å². The molecule has 0 spiro atoms. The Morgan fingerprint density at radius 2 is 2.04 bits per heavy atom. The van der Waals surface area contributed by atoms with Gasteiger partial charge < -0.3 is 19.8 Å². The maximum atomic E-state index is 5.79. The van der Waals surface area contributed by atoms with Gasteiger partial charge in [-0.1, -0.05) is 12.1 Å². The summed E-state index contributed by atoms with van der Waals surface area (Å²) in [5, 5.41) is 14.2. The lowest BCUT2D eigenvalue weighted by molar-refractivity contribution is 0.244. The average Bonchev–Trinajstić information content (AvgIpc) is 3.08. The Hall–Kier alpha value is -3.09. The Morgan fingerprint density at radius 3 is 2.83 bits per heavy atom. The highest BCUT2D eigenvalue weighted by molar-refractivity contribution is 5.64. The summed E-state index contributed by atoms with van der Waals surface area (Å²) in [7, 11) is 0. The van der Waals surface area contributed by atoms with Crippen LogP contribution in [0.4, 0.5) is 17.5 Å². The van der Waals surface area contributed by atoms with Crippen molar-refractivity contribution in [2.45, 2.75) is 26.5 Å². The average molecular weight is 325 g/mol. The molecular formula is C17H19N5O2. The van der Waals surface area contributed by atoms with Crippen LogP contribution in [0.3, 0.4) is 0 Å². The zero-order valence-electron chi connectivity index (χ0n) is 13.6. The van der Waals surface area contributed by atoms with Crippen LogP contribution < -0.4 is 15.4 Å². The standard InChI is InChI=1S/C17H19N5O2/c1-12(2)24-15-8-4-3-7-14(15)20-16-11-19-22-17(21-16)18-10-13-6-5-9-23-13/h3-9,11-12H,10H2,1-2H3,(H2,18,20,21,22). The number of para-hydroxylation sites is 2. The monoisotopic (exact) mass is 325 g/mol. The summed E-state index contributed by atoms with van der Waals surface area (Å²) in [6.45, 7) is 4.46. The molecule has 0 amide bonds. The number of benzene rings is 1. The highest BCUT2D eigenvalue weighted by Crippen LogP contribution is 2.27. The Kier molecular flexibility index (Phi) is 4.90. The van der Waals surface area contributed by atoms with Gasteiger partial charge >= 0.3 is 0 Å². The number of nitrogens with one attached hydrogen (secondary N) is 2. The van der Waals surface area contributed by atoms with Crippen LogP contribution in [0.5, 0.6) is 5.75 Å². The highest BCUT2D eigenvalue weighted by atomic mass is 16.5. The second kappa shape index (κ2) is 7.45. The van der Waals surface area contributed by atoms with Crippen molar-refractivity contribution in [2.75, 3.05) is 10.6 Å². The smallest absolute Gasteiger partial charge is 0.245 e. The minimum absolute atomic E-state index is 0.0852. The van der Waals surface area contributed by atoms with Crippen molar-refractivity contribution >= 4 is 17.5 Å². The molecule has 0 aliphatic carbocycles. The molecule has 3 rings (SSSR count). The third-order valence-corrected chi connectivity index (χ3v) is 3.07. The predicted octanol–water partition coefficient (Wildman–Crippen LogP) is 3.61. The number of furan rings is 1. The Bertz CT molecular complexity index is 774. The second-order valence-electron chi connectivity index (χ2n) is 5.39. The van der Waals surface area contributed by atoms with Crippen LogP contribution in [0.25, 0.3) is 0 Å². The van der Waals surface area contributed by atoms with Crippen molar-refractivity contribution < 1.29 is 9.15 Å². The van der Waals surface area contributed by atoms with E-state index in [2.05, 4.69) is 25.8 Å². The summed E-state index contributed by atoms with van der Waals surface area (Å²) in [4.78, 5) is 4.39. The molecule has 0 aliphatic heterocycles. The normalized spacial score (nSPS) is 10.6. The van der Waals surface area contributed by atoms with Gasteiger partial charge in [-0.15, -0.1) is 5.10 Å². The molecule has 0 radical (unpaired) electrons. The topological polar surface area (TPSA) is 85.1 Å². The third-order valence-electron chi connectivity index (χ3n) is 3.07. The summed E-state index contributed by atoms with van der Waals surface area (Å²) >= 11 is 0. The zero-order chi connectivity index (χ0) is 16.8. The van der Waals surface area contributed by atoms with Crippen molar-refractivity contribution in [2.24, 2.45) is 0 Å². The molecule has 0 unspecified atom stereocenters. The first-order valence-corrected chi connectivity index (χ1v) is 7.69. The van der Waals surface area contributed by atoms with Crippen LogP contribution in [0, 0.1) is 0 Å². The molecule has 0 fully saturated rings. The first-order valence-electron chi connectivity index (χ1n) is 7.69. The molecule has 7 nitrogen and oxygen atoms in total. The lowest BCUT2D eigenvalue weighted by Crippen LogP contribution is -2.08. The molecular weight excluding hydrogens is 306 g/mol. The molecule has 0 aliphatic rings. The summed E-state index contributed by atoms with van der Waals surface area (Å²) < 4.78 is 11.1. The summed E-state index contributed by atoms with van der Waals surface area (Å²) in [5.41, 5.74) is 0.823. The molecule has 0 bridgehead atoms. The van der Waals surface area contributed by atoms with Crippen molar-refractivity contribution in [3.05, 3.63) is 54.6 Å². The van der Waals surface area contributed by atoms with Crippen molar-refractivity contribution in [3.63, 3.8) is 0 Å². The van der Waals surface area contributed by atoms with Crippen molar-refractivity contribution in [1.82, 2.24) is 15.2 Å². The Morgan fingerprint density at radius 1 is 1.17 bits per heavy atom. The first kappa shape index (κ1) is 15.8. The quantitative estimate of drug-likeness (QED) is 0.686. The molecule has 1 aromatic carbocycles. The van der Waals surface area contributed by atoms with E-state index < -0.39 is 0 Å². The molecule has 2 aromatic heterocycles. The van der Waals surface area contributed by atoms with Crippen LogP contribution in [-0.2, 0) is 6.54 Å². The van der Waals surface area contributed by atoms with Gasteiger partial charge in [0.05, 0.1) is 30.8 Å². The number of hydrogen-bond acceptors (Lipinski definition) is 7. The molecule has 0 saturated heterocycles.